The summed E-state index contributed by atoms with van der Waals surface area (Å²) in [6, 6.07) is 5.41. The summed E-state index contributed by atoms with van der Waals surface area (Å²) in [5.41, 5.74) is 1.77. The molecule has 106 valence electrons. The first-order valence-corrected chi connectivity index (χ1v) is 6.54. The molecule has 0 saturated heterocycles. The predicted octanol–water partition coefficient (Wildman–Crippen LogP) is 2.52. The average Bonchev–Trinajstić information content (AvgIpc) is 2.92. The number of hydrogen-bond acceptors (Lipinski definition) is 4. The van der Waals surface area contributed by atoms with Gasteiger partial charge < -0.3 is 10.3 Å². The fourth-order valence-corrected chi connectivity index (χ4v) is 2.05. The van der Waals surface area contributed by atoms with Gasteiger partial charge in [-0.3, -0.25) is 10.1 Å². The van der Waals surface area contributed by atoms with E-state index in [9.17, 15) is 10.1 Å². The molecule has 1 atom stereocenters. The van der Waals surface area contributed by atoms with Gasteiger partial charge in [-0.25, -0.2) is 4.98 Å². The predicted molar refractivity (Wildman–Crippen MR) is 76.5 cm³/mol. The molecule has 1 aromatic heterocycles. The van der Waals surface area contributed by atoms with Crippen molar-refractivity contribution in [1.29, 1.82) is 0 Å². The maximum atomic E-state index is 10.9. The van der Waals surface area contributed by atoms with E-state index >= 15 is 0 Å². The molecule has 0 bridgehead atoms. The molecule has 0 aliphatic carbocycles. The van der Waals surface area contributed by atoms with E-state index in [0.29, 0.717) is 5.56 Å². The van der Waals surface area contributed by atoms with Crippen molar-refractivity contribution in [2.75, 3.05) is 6.54 Å². The maximum absolute atomic E-state index is 10.9. The zero-order valence-corrected chi connectivity index (χ0v) is 11.6. The van der Waals surface area contributed by atoms with Crippen molar-refractivity contribution in [3.05, 3.63) is 57.7 Å². The molecule has 6 nitrogen and oxygen atoms in total. The van der Waals surface area contributed by atoms with Gasteiger partial charge in [0.25, 0.3) is 5.69 Å². The molecule has 2 N–H and O–H groups in total. The third kappa shape index (κ3) is 3.42. The highest BCUT2D eigenvalue weighted by Gasteiger charge is 2.14. The molecule has 0 aliphatic rings. The summed E-state index contributed by atoms with van der Waals surface area (Å²) >= 11 is 0. The molecule has 0 saturated carbocycles. The van der Waals surface area contributed by atoms with Crippen LogP contribution < -0.4 is 5.32 Å². The number of aryl methyl sites for hydroxylation is 1. The van der Waals surface area contributed by atoms with Crippen molar-refractivity contribution in [2.24, 2.45) is 0 Å². The van der Waals surface area contributed by atoms with Gasteiger partial charge in [-0.1, -0.05) is 12.1 Å². The number of aromatic amines is 1. The van der Waals surface area contributed by atoms with Crippen LogP contribution in [0.2, 0.25) is 0 Å². The van der Waals surface area contributed by atoms with Gasteiger partial charge in [0.05, 0.1) is 4.92 Å². The Morgan fingerprint density at radius 1 is 1.50 bits per heavy atom. The van der Waals surface area contributed by atoms with Crippen LogP contribution in [0.25, 0.3) is 0 Å². The van der Waals surface area contributed by atoms with Gasteiger partial charge >= 0.3 is 0 Å². The largest absolute Gasteiger partial charge is 0.349 e. The van der Waals surface area contributed by atoms with Crippen LogP contribution >= 0.6 is 0 Å². The monoisotopic (exact) mass is 274 g/mol. The highest BCUT2D eigenvalue weighted by Crippen LogP contribution is 2.23. The standard InChI is InChI=1S/C14H18N4O2/c1-10-3-4-12(9-13(10)18(19)20)11(2)15-6-5-14-16-7-8-17-14/h3-4,7-9,11,15H,5-6H2,1-2H3,(H,16,17). The molecular formula is C14H18N4O2. The van der Waals surface area contributed by atoms with E-state index < -0.39 is 0 Å². The summed E-state index contributed by atoms with van der Waals surface area (Å²) in [5.74, 6) is 0.930. The van der Waals surface area contributed by atoms with E-state index in [4.69, 9.17) is 0 Å². The van der Waals surface area contributed by atoms with Crippen LogP contribution in [-0.4, -0.2) is 21.4 Å². The quantitative estimate of drug-likeness (QED) is 0.626. The summed E-state index contributed by atoms with van der Waals surface area (Å²) in [6.07, 6.45) is 4.31. The Labute approximate surface area is 117 Å². The zero-order valence-electron chi connectivity index (χ0n) is 11.6. The third-order valence-corrected chi connectivity index (χ3v) is 3.30. The number of nitrogens with one attached hydrogen (secondary N) is 2. The second-order valence-electron chi connectivity index (χ2n) is 4.76. The van der Waals surface area contributed by atoms with Gasteiger partial charge in [0.1, 0.15) is 5.82 Å². The first-order chi connectivity index (χ1) is 9.58. The molecule has 1 unspecified atom stereocenters. The second kappa shape index (κ2) is 6.29. The van der Waals surface area contributed by atoms with Crippen LogP contribution in [0, 0.1) is 17.0 Å². The normalized spacial score (nSPS) is 12.3. The van der Waals surface area contributed by atoms with Crippen LogP contribution in [0.15, 0.2) is 30.6 Å². The lowest BCUT2D eigenvalue weighted by molar-refractivity contribution is -0.385. The van der Waals surface area contributed by atoms with Crippen molar-refractivity contribution in [1.82, 2.24) is 15.3 Å². The van der Waals surface area contributed by atoms with Crippen LogP contribution in [-0.2, 0) is 6.42 Å². The molecule has 0 aliphatic heterocycles. The Hall–Kier alpha value is -2.21. The Bertz CT molecular complexity index is 581. The van der Waals surface area contributed by atoms with E-state index in [1.165, 1.54) is 0 Å². The molecule has 0 fully saturated rings. The van der Waals surface area contributed by atoms with Crippen LogP contribution in [0.3, 0.4) is 0 Å². The van der Waals surface area contributed by atoms with Crippen molar-refractivity contribution in [3.63, 3.8) is 0 Å². The van der Waals surface area contributed by atoms with E-state index in [1.807, 2.05) is 13.0 Å². The highest BCUT2D eigenvalue weighted by molar-refractivity contribution is 5.43. The van der Waals surface area contributed by atoms with Gasteiger partial charge in [-0.2, -0.15) is 0 Å². The molecule has 2 rings (SSSR count). The van der Waals surface area contributed by atoms with E-state index in [1.54, 1.807) is 31.5 Å². The molecule has 20 heavy (non-hydrogen) atoms. The van der Waals surface area contributed by atoms with Gasteiger partial charge in [0.15, 0.2) is 0 Å². The molecule has 1 heterocycles. The SMILES string of the molecule is Cc1ccc(C(C)NCCc2ncc[nH]2)cc1[N+](=O)[O-]. The van der Waals surface area contributed by atoms with Gasteiger partial charge in [0.2, 0.25) is 0 Å². The van der Waals surface area contributed by atoms with Crippen molar-refractivity contribution >= 4 is 5.69 Å². The lowest BCUT2D eigenvalue weighted by atomic mass is 10.0. The number of rotatable bonds is 6. The third-order valence-electron chi connectivity index (χ3n) is 3.30. The molecule has 0 radical (unpaired) electrons. The zero-order chi connectivity index (χ0) is 14.5. The molecule has 0 amide bonds. The highest BCUT2D eigenvalue weighted by atomic mass is 16.6. The average molecular weight is 274 g/mol. The molecule has 1 aromatic carbocycles. The summed E-state index contributed by atoms with van der Waals surface area (Å²) < 4.78 is 0. The fraction of sp³-hybridized carbons (Fsp3) is 0.357. The Kier molecular flexibility index (Phi) is 4.47. The number of hydrogen-bond donors (Lipinski definition) is 2. The van der Waals surface area contributed by atoms with E-state index in [0.717, 1.165) is 24.4 Å². The number of nitrogens with zero attached hydrogens (tertiary/aromatic N) is 2. The number of nitro benzene ring substituents is 1. The van der Waals surface area contributed by atoms with E-state index in [2.05, 4.69) is 15.3 Å². The van der Waals surface area contributed by atoms with Gasteiger partial charge in [0, 0.05) is 43.0 Å². The number of aromatic nitrogens is 2. The Morgan fingerprint density at radius 3 is 2.95 bits per heavy atom. The summed E-state index contributed by atoms with van der Waals surface area (Å²) in [4.78, 5) is 17.8. The van der Waals surface area contributed by atoms with Crippen molar-refractivity contribution in [3.8, 4) is 0 Å². The molecular weight excluding hydrogens is 256 g/mol. The second-order valence-corrected chi connectivity index (χ2v) is 4.76. The topological polar surface area (TPSA) is 83.8 Å². The minimum absolute atomic E-state index is 0.0595. The molecule has 2 aromatic rings. The van der Waals surface area contributed by atoms with Crippen LogP contribution in [0.5, 0.6) is 0 Å². The van der Waals surface area contributed by atoms with Crippen molar-refractivity contribution < 1.29 is 4.92 Å². The van der Waals surface area contributed by atoms with Crippen molar-refractivity contribution in [2.45, 2.75) is 26.3 Å². The van der Waals surface area contributed by atoms with Gasteiger partial charge in [-0.05, 0) is 19.4 Å². The number of imidazole rings is 1. The molecule has 6 heteroatoms. The summed E-state index contributed by atoms with van der Waals surface area (Å²) in [5, 5.41) is 14.3. The first-order valence-electron chi connectivity index (χ1n) is 6.54. The smallest absolute Gasteiger partial charge is 0.272 e. The molecule has 0 spiro atoms. The summed E-state index contributed by atoms with van der Waals surface area (Å²) in [6.45, 7) is 4.50. The minimum Gasteiger partial charge on any atom is -0.349 e. The lowest BCUT2D eigenvalue weighted by Gasteiger charge is -2.14. The number of nitro groups is 1. The van der Waals surface area contributed by atoms with Crippen LogP contribution in [0.1, 0.15) is 29.9 Å². The van der Waals surface area contributed by atoms with Crippen LogP contribution in [0.4, 0.5) is 5.69 Å². The number of benzene rings is 1. The Balaban J connectivity index is 1.96. The fourth-order valence-electron chi connectivity index (χ4n) is 2.05. The number of H-pyrrole nitrogens is 1. The maximum Gasteiger partial charge on any atom is 0.272 e. The Morgan fingerprint density at radius 2 is 2.30 bits per heavy atom. The van der Waals surface area contributed by atoms with E-state index in [-0.39, 0.29) is 16.7 Å². The first kappa shape index (κ1) is 14.2. The summed E-state index contributed by atoms with van der Waals surface area (Å²) in [7, 11) is 0. The lowest BCUT2D eigenvalue weighted by Crippen LogP contribution is -2.21. The minimum atomic E-state index is -0.339. The van der Waals surface area contributed by atoms with Gasteiger partial charge in [-0.15, -0.1) is 0 Å².